The van der Waals surface area contributed by atoms with Gasteiger partial charge in [-0.1, -0.05) is 18.2 Å². The highest BCUT2D eigenvalue weighted by atomic mass is 32.4. The van der Waals surface area contributed by atoms with Gasteiger partial charge in [0.15, 0.2) is 69.0 Å². The van der Waals surface area contributed by atoms with E-state index in [1.165, 1.54) is 0 Å². The molecule has 9 heterocycles. The van der Waals surface area contributed by atoms with Crippen molar-refractivity contribution in [3.63, 3.8) is 0 Å². The molecule has 12 unspecified atom stereocenters. The third kappa shape index (κ3) is 9.32. The largest absolute Gasteiger partial charge is 0.870 e. The predicted molar refractivity (Wildman–Crippen MR) is 329 cm³/mol. The molecule has 12 atom stereocenters. The van der Waals surface area contributed by atoms with Crippen LogP contribution in [0.5, 0.6) is 69.0 Å². The molecule has 0 fully saturated rings. The van der Waals surface area contributed by atoms with Gasteiger partial charge in [-0.2, -0.15) is 0 Å². The Bertz CT molecular complexity index is 3650. The zero-order valence-electron chi connectivity index (χ0n) is 51.1. The highest BCUT2D eigenvalue weighted by Crippen LogP contribution is 2.61. The van der Waals surface area contributed by atoms with Gasteiger partial charge in [-0.25, -0.2) is 0 Å². The Balaban J connectivity index is 0.00000234. The van der Waals surface area contributed by atoms with Gasteiger partial charge in [0.2, 0.25) is 40.8 Å². The predicted octanol–water partition coefficient (Wildman–Crippen LogP) is 6.03. The van der Waals surface area contributed by atoms with E-state index in [0.29, 0.717) is 126 Å². The first kappa shape index (κ1) is 61.3. The van der Waals surface area contributed by atoms with Crippen LogP contribution < -0.4 is 72.1 Å². The summed E-state index contributed by atoms with van der Waals surface area (Å²) in [6.07, 6.45) is -0.622. The van der Waals surface area contributed by atoms with Crippen molar-refractivity contribution in [3.05, 3.63) is 140 Å². The van der Waals surface area contributed by atoms with Gasteiger partial charge in [-0.15, -0.1) is 0 Å². The number of nitrogens with zero attached hydrogens (tertiary/aromatic N) is 3. The number of hydrogen-bond acceptors (Lipinski definition) is 19. The van der Waals surface area contributed by atoms with Crippen LogP contribution >= 0.6 is 6.49 Å². The summed E-state index contributed by atoms with van der Waals surface area (Å²) >= 11 is 7.08. The molecule has 24 nitrogen and oxygen atoms in total. The Hall–Kier alpha value is -6.91. The average molecular weight is 1300 g/mol. The van der Waals surface area contributed by atoms with Gasteiger partial charge in [-0.05, 0) is 119 Å². The summed E-state index contributed by atoms with van der Waals surface area (Å²) in [6, 6.07) is 24.5. The number of hydrogen-bond donors (Lipinski definition) is 6. The summed E-state index contributed by atoms with van der Waals surface area (Å²) in [5.74, 6) is 7.90. The molecular formula is C66H75N6O18PS. The molecule has 6 aromatic carbocycles. The van der Waals surface area contributed by atoms with Crippen LogP contribution in [0.25, 0.3) is 0 Å². The molecule has 0 amide bonds. The van der Waals surface area contributed by atoms with E-state index in [1.807, 2.05) is 18.2 Å². The van der Waals surface area contributed by atoms with Crippen molar-refractivity contribution in [2.45, 2.75) is 93.1 Å². The quantitative estimate of drug-likeness (QED) is 0.0602. The van der Waals surface area contributed by atoms with E-state index in [9.17, 15) is 15.3 Å². The van der Waals surface area contributed by atoms with E-state index in [1.54, 1.807) is 0 Å². The molecule has 92 heavy (non-hydrogen) atoms. The van der Waals surface area contributed by atoms with Gasteiger partial charge >= 0.3 is 0 Å². The molecule has 0 radical (unpaired) electrons. The minimum Gasteiger partial charge on any atom is -0.870 e. The van der Waals surface area contributed by atoms with Crippen LogP contribution in [0.2, 0.25) is 0 Å². The minimum absolute atomic E-state index is 0. The molecule has 0 bridgehead atoms. The molecule has 9 aliphatic heterocycles. The number of likely N-dealkylation sites (N-methyl/N-ethyl adjacent to an activating group) is 3. The standard InChI is InChI=1S/C66H72N6O15PS.3H2O/c1-70(25-43-37(4-7-49-64(43)85-31-76-49)58-46(73)16-34-19-52-55(82-28-79-52)22-40(34)61(58)70)13-10-67-88(89,68-11-14-71(2)26-44-38(5-8-50-65(44)86-32-77-50)59-47(74)17-35-20-53-56(83-29-80-53)23-41(35)62(59)71)69-12-15-72(3)27-45-39(6-9-51-66(45)87-33-78-51)60-48(75)18-36-21-54-57(84-30-81-54)24-42(36)63(60)72;;;/h4-9,19-24,46-48,58-63,73-75H,10-18,25-33H2,1-3H3,(H3,67,68,69,89);3*1H2/q+3;;;/p-3. The fourth-order valence-electron chi connectivity index (χ4n) is 18.1. The third-order valence-electron chi connectivity index (χ3n) is 22.0. The van der Waals surface area contributed by atoms with E-state index < -0.39 is 24.8 Å². The lowest BCUT2D eigenvalue weighted by Gasteiger charge is -2.53. The summed E-state index contributed by atoms with van der Waals surface area (Å²) in [5, 5.41) is 49.3. The van der Waals surface area contributed by atoms with Crippen LogP contribution in [0.1, 0.15) is 103 Å². The summed E-state index contributed by atoms with van der Waals surface area (Å²) in [7, 11) is 6.88. The number of ether oxygens (including phenoxy) is 12. The number of aliphatic hydroxyl groups excluding tert-OH is 3. The lowest BCUT2D eigenvalue weighted by molar-refractivity contribution is -0.956. The second-order valence-electron chi connectivity index (χ2n) is 27.0. The average Bonchev–Trinajstić information content (AvgIpc) is 1.04. The number of nitrogens with one attached hydrogen (secondary N) is 3. The molecule has 488 valence electrons. The SMILES string of the molecule is C[N+]1(CCNP(=S)(NCC[N+]2(C)Cc3c(ccc4c3OCO4)C3C(O)Cc4cc5c(cc4C32)OCO5)NCC[N+]2(C)Cc3c(ccc4c3OCO4)C3C(O)Cc4cc5c(cc4C32)OCO5)Cc2c(ccc3c2OCO3)C2C(O)Cc3cc4c(cc3C21)OCO4.[OH-].[OH-].[OH-]. The van der Waals surface area contributed by atoms with Crippen molar-refractivity contribution in [2.75, 3.05) is 101 Å². The monoisotopic (exact) mass is 1300 g/mol. The minimum atomic E-state index is -2.96. The Labute approximate surface area is 536 Å². The molecule has 0 saturated carbocycles. The number of fused-ring (bicyclic) bond motifs is 24. The van der Waals surface area contributed by atoms with E-state index in [4.69, 9.17) is 68.6 Å². The van der Waals surface area contributed by atoms with E-state index in [2.05, 4.69) is 91.0 Å². The Morgan fingerprint density at radius 3 is 0.935 bits per heavy atom. The number of benzene rings is 6. The van der Waals surface area contributed by atoms with Gasteiger partial charge in [0, 0.05) is 16.7 Å². The zero-order valence-corrected chi connectivity index (χ0v) is 52.8. The van der Waals surface area contributed by atoms with Crippen LogP contribution in [-0.2, 0) is 50.7 Å². The molecule has 0 saturated heterocycles. The lowest BCUT2D eigenvalue weighted by Crippen LogP contribution is -2.58. The first-order valence-corrected chi connectivity index (χ1v) is 33.9. The van der Waals surface area contributed by atoms with Crippen LogP contribution in [-0.4, -0.2) is 165 Å². The maximum atomic E-state index is 12.4. The molecule has 12 aliphatic rings. The Morgan fingerprint density at radius 2 is 0.641 bits per heavy atom. The van der Waals surface area contributed by atoms with Gasteiger partial charge in [0.05, 0.1) is 113 Å². The molecule has 3 aliphatic carbocycles. The number of quaternary nitrogens is 3. The summed E-state index contributed by atoms with van der Waals surface area (Å²) in [6.45, 7) is 3.20. The number of rotatable bonds is 12. The van der Waals surface area contributed by atoms with Crippen molar-refractivity contribution in [1.29, 1.82) is 0 Å². The summed E-state index contributed by atoms with van der Waals surface area (Å²) in [4.78, 5) is 0. The summed E-state index contributed by atoms with van der Waals surface area (Å²) in [5.41, 5.74) is 13.0. The Morgan fingerprint density at radius 1 is 0.380 bits per heavy atom. The van der Waals surface area contributed by atoms with Gasteiger partial charge in [0.1, 0.15) is 44.2 Å². The van der Waals surface area contributed by atoms with Gasteiger partial charge in [0.25, 0.3) is 0 Å². The fraction of sp³-hybridized carbons (Fsp3) is 0.455. The van der Waals surface area contributed by atoms with Gasteiger partial charge in [-0.3, -0.25) is 15.3 Å². The first-order chi connectivity index (χ1) is 43.2. The second-order valence-corrected chi connectivity index (χ2v) is 30.8. The van der Waals surface area contributed by atoms with Crippen LogP contribution in [0.4, 0.5) is 0 Å². The molecular weight excluding hydrogens is 1230 g/mol. The Kier molecular flexibility index (Phi) is 14.9. The smallest absolute Gasteiger partial charge is 0.231 e. The fourth-order valence-corrected chi connectivity index (χ4v) is 20.5. The van der Waals surface area contributed by atoms with Crippen molar-refractivity contribution in [2.24, 2.45) is 0 Å². The maximum Gasteiger partial charge on any atom is 0.231 e. The second kappa shape index (κ2) is 22.4. The van der Waals surface area contributed by atoms with Crippen LogP contribution in [0, 0.1) is 0 Å². The topological polar surface area (TPSA) is 298 Å². The van der Waals surface area contributed by atoms with Crippen molar-refractivity contribution in [3.8, 4) is 69.0 Å². The molecule has 0 spiro atoms. The van der Waals surface area contributed by atoms with E-state index in [0.717, 1.165) is 101 Å². The van der Waals surface area contributed by atoms with Gasteiger partial charge < -0.3 is 102 Å². The number of aliphatic hydroxyl groups is 3. The van der Waals surface area contributed by atoms with Crippen LogP contribution in [0.3, 0.4) is 0 Å². The van der Waals surface area contributed by atoms with Crippen LogP contribution in [0.15, 0.2) is 72.8 Å². The molecule has 6 aromatic rings. The highest BCUT2D eigenvalue weighted by molar-refractivity contribution is 8.11. The van der Waals surface area contributed by atoms with E-state index >= 15 is 0 Å². The highest BCUT2D eigenvalue weighted by Gasteiger charge is 2.57. The lowest BCUT2D eigenvalue weighted by atomic mass is 9.69. The molecule has 26 heteroatoms. The normalized spacial score (nSPS) is 30.2. The molecule has 9 N–H and O–H groups in total. The van der Waals surface area contributed by atoms with Crippen molar-refractivity contribution in [1.82, 2.24) is 15.3 Å². The van der Waals surface area contributed by atoms with Crippen molar-refractivity contribution >= 4 is 18.3 Å². The van der Waals surface area contributed by atoms with Crippen molar-refractivity contribution < 1.29 is 102 Å². The third-order valence-corrected chi connectivity index (χ3v) is 25.1. The first-order valence-electron chi connectivity index (χ1n) is 31.1. The molecule has 0 aromatic heterocycles. The zero-order chi connectivity index (χ0) is 59.9. The molecule has 18 rings (SSSR count). The van der Waals surface area contributed by atoms with E-state index in [-0.39, 0.29) is 93.1 Å². The summed E-state index contributed by atoms with van der Waals surface area (Å²) < 4.78 is 74.2. The maximum absolute atomic E-state index is 12.4.